The van der Waals surface area contributed by atoms with Gasteiger partial charge in [-0.1, -0.05) is 155 Å². The molecule has 0 aliphatic heterocycles. The zero-order valence-corrected chi connectivity index (χ0v) is 37.4. The number of carbonyl (C=O) groups is 1. The van der Waals surface area contributed by atoms with Crippen molar-refractivity contribution in [1.29, 1.82) is 0 Å². The van der Waals surface area contributed by atoms with Crippen LogP contribution in [0.3, 0.4) is 0 Å². The lowest BCUT2D eigenvalue weighted by Crippen LogP contribution is -2.45. The number of carbonyl (C=O) groups excluding carboxylic acids is 1. The molecule has 0 fully saturated rings. The maximum absolute atomic E-state index is 12.8. The van der Waals surface area contributed by atoms with Gasteiger partial charge in [0.2, 0.25) is 5.91 Å². The second kappa shape index (κ2) is 38.7. The predicted octanol–water partition coefficient (Wildman–Crippen LogP) is 11.5. The fourth-order valence-corrected chi connectivity index (χ4v) is 6.00. The summed E-state index contributed by atoms with van der Waals surface area (Å²) < 4.78 is 23.0. The van der Waals surface area contributed by atoms with Crippen molar-refractivity contribution >= 4 is 13.7 Å². The fraction of sp³-hybridized carbons (Fsp3) is 0.604. The van der Waals surface area contributed by atoms with E-state index in [1.165, 1.54) is 25.7 Å². The summed E-state index contributed by atoms with van der Waals surface area (Å²) in [5, 5.41) is 13.6. The van der Waals surface area contributed by atoms with E-state index >= 15 is 0 Å². The number of phosphoric acid groups is 1. The maximum atomic E-state index is 12.8. The first-order valence-corrected chi connectivity index (χ1v) is 23.2. The van der Waals surface area contributed by atoms with Crippen LogP contribution in [0, 0.1) is 0 Å². The number of allylic oxidation sites excluding steroid dienone is 17. The number of likely N-dealkylation sites (N-methyl/N-ethyl adjacent to an activating group) is 1. The second-order valence-corrected chi connectivity index (χ2v) is 16.7. The number of nitrogens with zero attached hydrogens (tertiary/aromatic N) is 1. The lowest BCUT2D eigenvalue weighted by atomic mass is 10.1. The van der Waals surface area contributed by atoms with Gasteiger partial charge >= 0.3 is 0 Å². The molecule has 0 aromatic rings. The first-order valence-electron chi connectivity index (χ1n) is 21.7. The first kappa shape index (κ1) is 54.2. The molecule has 2 N–H and O–H groups in total. The lowest BCUT2D eigenvalue weighted by Gasteiger charge is -2.29. The van der Waals surface area contributed by atoms with Crippen molar-refractivity contribution < 1.29 is 32.9 Å². The van der Waals surface area contributed by atoms with Crippen molar-refractivity contribution in [3.05, 3.63) is 109 Å². The standard InChI is InChI=1S/C48H81N2O6P/c1-6-8-10-12-14-16-17-18-19-20-21-22-23-24-25-26-27-28-29-30-31-32-33-34-36-38-40-42-48(52)49-46(45-56-57(53,54)55-44-43-50(3,4)5)47(51)41-39-37-35-15-13-11-9-7-2/h8,10,14,16,18-19,21-22,24-25,27-28,30-31,33-34,39,41,46-47,51H,6-7,9,11-13,15,17,20,23,26,29,32,35-38,40,42-45H2,1-5H3,(H-,49,52,53,54)/b10-8-,16-14-,19-18-,22-21-,25-24-,28-27-,31-30-,34-33-,41-39+. The van der Waals surface area contributed by atoms with Gasteiger partial charge in [0, 0.05) is 6.42 Å². The molecule has 1 amide bonds. The number of aliphatic hydroxyl groups excluding tert-OH is 1. The monoisotopic (exact) mass is 813 g/mol. The van der Waals surface area contributed by atoms with Gasteiger partial charge in [-0.15, -0.1) is 0 Å². The molecule has 3 atom stereocenters. The summed E-state index contributed by atoms with van der Waals surface area (Å²) in [7, 11) is 1.20. The summed E-state index contributed by atoms with van der Waals surface area (Å²) in [5.41, 5.74) is 0. The highest BCUT2D eigenvalue weighted by Crippen LogP contribution is 2.38. The summed E-state index contributed by atoms with van der Waals surface area (Å²) >= 11 is 0. The van der Waals surface area contributed by atoms with E-state index in [0.717, 1.165) is 83.5 Å². The molecule has 0 aliphatic carbocycles. The van der Waals surface area contributed by atoms with E-state index in [1.54, 1.807) is 6.08 Å². The van der Waals surface area contributed by atoms with Gasteiger partial charge in [0.15, 0.2) is 0 Å². The summed E-state index contributed by atoms with van der Waals surface area (Å²) in [6, 6.07) is -0.915. The molecule has 0 saturated heterocycles. The number of hydrogen-bond acceptors (Lipinski definition) is 6. The van der Waals surface area contributed by atoms with Crippen molar-refractivity contribution in [3.8, 4) is 0 Å². The Bertz CT molecular complexity index is 1290. The Labute approximate surface area is 349 Å². The van der Waals surface area contributed by atoms with Crippen LogP contribution in [0.1, 0.15) is 136 Å². The van der Waals surface area contributed by atoms with E-state index in [9.17, 15) is 19.4 Å². The smallest absolute Gasteiger partial charge is 0.268 e. The highest BCUT2D eigenvalue weighted by atomic mass is 31.2. The Morgan fingerprint density at radius 2 is 1.07 bits per heavy atom. The average Bonchev–Trinajstić information content (AvgIpc) is 3.16. The van der Waals surface area contributed by atoms with Crippen molar-refractivity contribution in [2.45, 2.75) is 148 Å². The summed E-state index contributed by atoms with van der Waals surface area (Å²) in [6.07, 6.45) is 55.9. The SMILES string of the molecule is CC/C=C\C/C=C\C/C=C\C/C=C\C/C=C\C/C=C\C/C=C\C/C=C\CCCCC(=O)NC(COP(=O)([O-])OCC[N+](C)(C)C)C(O)/C=C/CCCCCCCC. The predicted molar refractivity (Wildman–Crippen MR) is 242 cm³/mol. The Hall–Kier alpha value is -2.84. The minimum Gasteiger partial charge on any atom is -0.756 e. The van der Waals surface area contributed by atoms with Crippen molar-refractivity contribution in [2.75, 3.05) is 40.9 Å². The molecule has 57 heavy (non-hydrogen) atoms. The lowest BCUT2D eigenvalue weighted by molar-refractivity contribution is -0.870. The van der Waals surface area contributed by atoms with Crippen LogP contribution in [0.5, 0.6) is 0 Å². The summed E-state index contributed by atoms with van der Waals surface area (Å²) in [6.45, 7) is 4.41. The molecule has 0 bridgehead atoms. The molecule has 0 saturated carbocycles. The van der Waals surface area contributed by atoms with E-state index in [1.807, 2.05) is 27.2 Å². The topological polar surface area (TPSA) is 108 Å². The zero-order chi connectivity index (χ0) is 42.1. The van der Waals surface area contributed by atoms with Crippen LogP contribution < -0.4 is 10.2 Å². The van der Waals surface area contributed by atoms with Gasteiger partial charge in [0.05, 0.1) is 39.9 Å². The largest absolute Gasteiger partial charge is 0.756 e. The molecule has 0 radical (unpaired) electrons. The molecule has 0 aliphatic rings. The minimum atomic E-state index is -4.60. The number of hydrogen-bond donors (Lipinski definition) is 2. The van der Waals surface area contributed by atoms with Gasteiger partial charge in [0.1, 0.15) is 13.2 Å². The number of unbranched alkanes of at least 4 members (excludes halogenated alkanes) is 8. The highest BCUT2D eigenvalue weighted by molar-refractivity contribution is 7.45. The van der Waals surface area contributed by atoms with Gasteiger partial charge in [-0.3, -0.25) is 9.36 Å². The van der Waals surface area contributed by atoms with Gasteiger partial charge in [-0.05, 0) is 83.5 Å². The molecular formula is C48H81N2O6P. The van der Waals surface area contributed by atoms with E-state index in [4.69, 9.17) is 9.05 Å². The average molecular weight is 813 g/mol. The summed E-state index contributed by atoms with van der Waals surface area (Å²) in [5.74, 6) is -0.250. The molecule has 324 valence electrons. The first-order chi connectivity index (χ1) is 27.5. The molecule has 0 aromatic carbocycles. The molecule has 0 rings (SSSR count). The van der Waals surface area contributed by atoms with E-state index in [0.29, 0.717) is 17.4 Å². The third-order valence-corrected chi connectivity index (χ3v) is 9.70. The molecule has 0 spiro atoms. The van der Waals surface area contributed by atoms with Crippen molar-refractivity contribution in [2.24, 2.45) is 0 Å². The third-order valence-electron chi connectivity index (χ3n) is 8.74. The Kier molecular flexibility index (Phi) is 36.7. The Balaban J connectivity index is 4.37. The van der Waals surface area contributed by atoms with Gasteiger partial charge in [-0.25, -0.2) is 0 Å². The van der Waals surface area contributed by atoms with Crippen LogP contribution in [-0.2, 0) is 18.4 Å². The zero-order valence-electron chi connectivity index (χ0n) is 36.5. The van der Waals surface area contributed by atoms with Crippen LogP contribution in [0.4, 0.5) is 0 Å². The quantitative estimate of drug-likeness (QED) is 0.0280. The number of amides is 1. The third kappa shape index (κ3) is 41.1. The normalized spacial score (nSPS) is 15.4. The minimum absolute atomic E-state index is 0.0168. The number of aliphatic hydroxyl groups is 1. The van der Waals surface area contributed by atoms with Crippen molar-refractivity contribution in [3.63, 3.8) is 0 Å². The number of nitrogens with one attached hydrogen (secondary N) is 1. The van der Waals surface area contributed by atoms with E-state index in [-0.39, 0.29) is 18.9 Å². The molecule has 8 nitrogen and oxygen atoms in total. The fourth-order valence-electron chi connectivity index (χ4n) is 5.28. The summed E-state index contributed by atoms with van der Waals surface area (Å²) in [4.78, 5) is 25.2. The van der Waals surface area contributed by atoms with Crippen LogP contribution in [0.15, 0.2) is 109 Å². The number of quaternary nitrogens is 1. The number of rotatable bonds is 37. The Morgan fingerprint density at radius 3 is 1.56 bits per heavy atom. The Morgan fingerprint density at radius 1 is 0.632 bits per heavy atom. The molecule has 0 aromatic heterocycles. The van der Waals surface area contributed by atoms with Crippen LogP contribution in [0.25, 0.3) is 0 Å². The van der Waals surface area contributed by atoms with Gasteiger partial charge in [-0.2, -0.15) is 0 Å². The highest BCUT2D eigenvalue weighted by Gasteiger charge is 2.23. The molecule has 9 heteroatoms. The molecular weight excluding hydrogens is 732 g/mol. The van der Waals surface area contributed by atoms with Gasteiger partial charge < -0.3 is 28.8 Å². The van der Waals surface area contributed by atoms with Gasteiger partial charge in [0.25, 0.3) is 7.82 Å². The molecule has 0 heterocycles. The van der Waals surface area contributed by atoms with Crippen LogP contribution in [0.2, 0.25) is 0 Å². The van der Waals surface area contributed by atoms with Crippen LogP contribution in [-0.4, -0.2) is 68.5 Å². The van der Waals surface area contributed by atoms with Crippen LogP contribution >= 0.6 is 7.82 Å². The molecule has 3 unspecified atom stereocenters. The van der Waals surface area contributed by atoms with E-state index in [2.05, 4.69) is 116 Å². The second-order valence-electron chi connectivity index (χ2n) is 15.3. The number of phosphoric ester groups is 1. The maximum Gasteiger partial charge on any atom is 0.268 e. The van der Waals surface area contributed by atoms with E-state index < -0.39 is 26.6 Å². The van der Waals surface area contributed by atoms with Crippen molar-refractivity contribution in [1.82, 2.24) is 5.32 Å².